The van der Waals surface area contributed by atoms with Gasteiger partial charge in [0.1, 0.15) is 17.5 Å². The molecular formula is C30H43NO3. The number of fused-ring (bicyclic) bond motifs is 2. The Kier molecular flexibility index (Phi) is 4.18. The lowest BCUT2D eigenvalue weighted by molar-refractivity contribution is -0.312. The molecule has 1 aromatic rings. The van der Waals surface area contributed by atoms with Gasteiger partial charge in [-0.3, -0.25) is 4.90 Å². The van der Waals surface area contributed by atoms with Crippen molar-refractivity contribution in [2.24, 2.45) is 22.7 Å². The molecule has 34 heavy (non-hydrogen) atoms. The summed E-state index contributed by atoms with van der Waals surface area (Å²) in [7, 11) is 1.89. The van der Waals surface area contributed by atoms with E-state index in [9.17, 15) is 5.11 Å². The van der Waals surface area contributed by atoms with Crippen LogP contribution >= 0.6 is 0 Å². The van der Waals surface area contributed by atoms with Crippen molar-refractivity contribution < 1.29 is 14.6 Å². The molecule has 4 saturated carbocycles. The third-order valence-corrected chi connectivity index (χ3v) is 12.1. The van der Waals surface area contributed by atoms with Gasteiger partial charge < -0.3 is 14.6 Å². The first-order chi connectivity index (χ1) is 16.0. The lowest BCUT2D eigenvalue weighted by atomic mass is 9.33. The van der Waals surface area contributed by atoms with Crippen LogP contribution in [0.1, 0.15) is 82.9 Å². The third-order valence-electron chi connectivity index (χ3n) is 12.1. The van der Waals surface area contributed by atoms with Crippen molar-refractivity contribution in [2.45, 2.75) is 108 Å². The van der Waals surface area contributed by atoms with Gasteiger partial charge in [0, 0.05) is 42.0 Å². The maximum absolute atomic E-state index is 12.2. The first-order valence-electron chi connectivity index (χ1n) is 13.8. The second kappa shape index (κ2) is 6.42. The minimum atomic E-state index is -0.846. The van der Waals surface area contributed by atoms with Crippen LogP contribution in [0.3, 0.4) is 0 Å². The van der Waals surface area contributed by atoms with Gasteiger partial charge in [-0.15, -0.1) is 0 Å². The number of aryl methyl sites for hydroxylation is 1. The van der Waals surface area contributed by atoms with Crippen molar-refractivity contribution >= 4 is 0 Å². The van der Waals surface area contributed by atoms with Crippen LogP contribution < -0.4 is 4.74 Å². The molecule has 0 amide bonds. The molecule has 1 N–H and O–H groups in total. The Morgan fingerprint density at radius 3 is 2.59 bits per heavy atom. The first kappa shape index (κ1) is 22.1. The Balaban J connectivity index is 1.47. The van der Waals surface area contributed by atoms with E-state index in [-0.39, 0.29) is 28.3 Å². The minimum Gasteiger partial charge on any atom is -0.486 e. The number of hydrogen-bond acceptors (Lipinski definition) is 4. The highest BCUT2D eigenvalue weighted by molar-refractivity contribution is 5.61. The molecule has 186 valence electrons. The molecule has 4 bridgehead atoms. The number of rotatable bonds is 4. The lowest BCUT2D eigenvalue weighted by Gasteiger charge is -2.75. The minimum absolute atomic E-state index is 0.00736. The summed E-state index contributed by atoms with van der Waals surface area (Å²) in [6.45, 7) is 13.3. The molecule has 0 aromatic heterocycles. The van der Waals surface area contributed by atoms with Crippen LogP contribution in [-0.4, -0.2) is 53.6 Å². The van der Waals surface area contributed by atoms with Crippen LogP contribution in [0.25, 0.3) is 0 Å². The first-order valence-corrected chi connectivity index (χ1v) is 13.8. The van der Waals surface area contributed by atoms with E-state index < -0.39 is 11.2 Å². The summed E-state index contributed by atoms with van der Waals surface area (Å²) in [4.78, 5) is 2.88. The molecule has 1 unspecified atom stereocenters. The van der Waals surface area contributed by atoms with E-state index in [4.69, 9.17) is 9.47 Å². The number of benzene rings is 1. The number of likely N-dealkylation sites (tertiary alicyclic amines) is 1. The van der Waals surface area contributed by atoms with E-state index in [0.717, 1.165) is 30.9 Å². The number of methoxy groups -OCH3 is 1. The summed E-state index contributed by atoms with van der Waals surface area (Å²) in [6, 6.07) is 5.24. The smallest absolute Gasteiger partial charge is 0.138 e. The molecular weight excluding hydrogens is 422 g/mol. The summed E-state index contributed by atoms with van der Waals surface area (Å²) >= 11 is 0. The molecule has 2 aliphatic heterocycles. The summed E-state index contributed by atoms with van der Waals surface area (Å²) in [5.74, 6) is 2.10. The van der Waals surface area contributed by atoms with Gasteiger partial charge >= 0.3 is 0 Å². The number of aliphatic hydroxyl groups is 1. The fourth-order valence-electron chi connectivity index (χ4n) is 9.73. The summed E-state index contributed by atoms with van der Waals surface area (Å²) in [5, 5.41) is 12.2. The van der Waals surface area contributed by atoms with Gasteiger partial charge in [0.25, 0.3) is 0 Å². The van der Waals surface area contributed by atoms with Crippen LogP contribution in [0.2, 0.25) is 0 Å². The van der Waals surface area contributed by atoms with E-state index in [1.165, 1.54) is 55.5 Å². The predicted octanol–water partition coefficient (Wildman–Crippen LogP) is 5.02. The van der Waals surface area contributed by atoms with Crippen LogP contribution in [-0.2, 0) is 16.6 Å². The van der Waals surface area contributed by atoms with E-state index in [2.05, 4.69) is 51.7 Å². The fraction of sp³-hybridized carbons (Fsp3) is 0.800. The normalized spacial score (nSPS) is 43.9. The summed E-state index contributed by atoms with van der Waals surface area (Å²) in [5.41, 5.74) is 2.95. The molecule has 7 atom stereocenters. The van der Waals surface area contributed by atoms with Crippen molar-refractivity contribution in [1.29, 1.82) is 0 Å². The number of piperidine rings is 1. The maximum atomic E-state index is 12.2. The highest BCUT2D eigenvalue weighted by Crippen LogP contribution is 2.77. The van der Waals surface area contributed by atoms with E-state index in [1.54, 1.807) is 0 Å². The van der Waals surface area contributed by atoms with E-state index >= 15 is 0 Å². The molecule has 7 aliphatic rings. The van der Waals surface area contributed by atoms with Crippen molar-refractivity contribution in [3.63, 3.8) is 0 Å². The SMILES string of the molecule is CO[C@]12CC[C@@]3(C[C@@H]1[C@@](C)(O)C(C)(C)C)[C@H]1Cc4ccc(C)c5c4[C@@]3(CCN1CC1CC1)C2O5. The van der Waals surface area contributed by atoms with Gasteiger partial charge in [0.05, 0.1) is 5.60 Å². The van der Waals surface area contributed by atoms with Gasteiger partial charge in [0.2, 0.25) is 0 Å². The van der Waals surface area contributed by atoms with Crippen molar-refractivity contribution in [3.05, 3.63) is 28.8 Å². The van der Waals surface area contributed by atoms with Gasteiger partial charge in [-0.2, -0.15) is 0 Å². The number of hydrogen-bond donors (Lipinski definition) is 1. The Bertz CT molecular complexity index is 1050. The zero-order chi connectivity index (χ0) is 23.9. The largest absolute Gasteiger partial charge is 0.486 e. The molecule has 2 spiro atoms. The monoisotopic (exact) mass is 465 g/mol. The van der Waals surface area contributed by atoms with Gasteiger partial charge in [-0.1, -0.05) is 32.9 Å². The second-order valence-electron chi connectivity index (χ2n) is 14.1. The second-order valence-corrected chi connectivity index (χ2v) is 14.1. The van der Waals surface area contributed by atoms with Crippen LogP contribution in [0.15, 0.2) is 12.1 Å². The van der Waals surface area contributed by atoms with E-state index in [1.807, 2.05) is 7.11 Å². The van der Waals surface area contributed by atoms with Crippen molar-refractivity contribution in [2.75, 3.05) is 20.2 Å². The van der Waals surface area contributed by atoms with Crippen molar-refractivity contribution in [1.82, 2.24) is 4.90 Å². The van der Waals surface area contributed by atoms with Crippen LogP contribution in [0, 0.1) is 29.6 Å². The van der Waals surface area contributed by atoms with Crippen molar-refractivity contribution in [3.8, 4) is 5.75 Å². The molecule has 5 aliphatic carbocycles. The highest BCUT2D eigenvalue weighted by atomic mass is 16.6. The topological polar surface area (TPSA) is 41.9 Å². The van der Waals surface area contributed by atoms with Crippen LogP contribution in [0.4, 0.5) is 0 Å². The molecule has 1 saturated heterocycles. The Hall–Kier alpha value is -1.10. The van der Waals surface area contributed by atoms with E-state index in [0.29, 0.717) is 6.04 Å². The number of nitrogens with zero attached hydrogens (tertiary/aromatic N) is 1. The molecule has 2 heterocycles. The highest BCUT2D eigenvalue weighted by Gasteiger charge is 2.82. The molecule has 4 nitrogen and oxygen atoms in total. The Morgan fingerprint density at radius 2 is 1.91 bits per heavy atom. The predicted molar refractivity (Wildman–Crippen MR) is 133 cm³/mol. The zero-order valence-corrected chi connectivity index (χ0v) is 22.0. The maximum Gasteiger partial charge on any atom is 0.138 e. The summed E-state index contributed by atoms with van der Waals surface area (Å²) in [6.07, 6.45) is 8.33. The molecule has 5 fully saturated rings. The molecule has 4 heteroatoms. The summed E-state index contributed by atoms with van der Waals surface area (Å²) < 4.78 is 13.8. The lowest BCUT2D eigenvalue weighted by Crippen LogP contribution is -2.83. The molecule has 0 radical (unpaired) electrons. The van der Waals surface area contributed by atoms with Gasteiger partial charge in [-0.25, -0.2) is 0 Å². The molecule has 1 aromatic carbocycles. The van der Waals surface area contributed by atoms with Crippen LogP contribution in [0.5, 0.6) is 5.75 Å². The standard InChI is InChI=1S/C30H43NO3/c1-18-7-10-20-15-22-28-11-12-30(33-6,21(16-28)27(5,32)26(2,3)4)25-29(28,23(20)24(18)34-25)13-14-31(22)17-19-8-9-19/h7,10,19,21-22,25,32H,8-9,11-17H2,1-6H3/t21-,22-,25?,27-,28-,29+,30-/m1/s1. The van der Waals surface area contributed by atoms with Gasteiger partial charge in [0.15, 0.2) is 0 Å². The Morgan fingerprint density at radius 1 is 1.15 bits per heavy atom. The average molecular weight is 466 g/mol. The quantitative estimate of drug-likeness (QED) is 0.678. The zero-order valence-electron chi connectivity index (χ0n) is 22.0. The Labute approximate surface area is 205 Å². The molecule has 8 rings (SSSR count). The average Bonchev–Trinajstić information content (AvgIpc) is 3.53. The third kappa shape index (κ3) is 2.29. The fourth-order valence-corrected chi connectivity index (χ4v) is 9.73. The van der Waals surface area contributed by atoms with Gasteiger partial charge in [-0.05, 0) is 87.8 Å². The number of ether oxygens (including phenoxy) is 2.